The molecule has 0 radical (unpaired) electrons. The maximum atomic E-state index is 13.4. The summed E-state index contributed by atoms with van der Waals surface area (Å²) in [6, 6.07) is 18.0. The summed E-state index contributed by atoms with van der Waals surface area (Å²) in [5.41, 5.74) is 2.40. The molecule has 0 unspecified atom stereocenters. The van der Waals surface area contributed by atoms with Crippen LogP contribution in [0.4, 0.5) is 29.3 Å². The van der Waals surface area contributed by atoms with Crippen LogP contribution in [0, 0.1) is 5.92 Å². The average Bonchev–Trinajstić information content (AvgIpc) is 2.92. The highest BCUT2D eigenvalue weighted by Crippen LogP contribution is 2.40. The quantitative estimate of drug-likeness (QED) is 0.352. The number of benzene rings is 3. The Morgan fingerprint density at radius 2 is 1.64 bits per heavy atom. The van der Waals surface area contributed by atoms with Crippen LogP contribution >= 0.6 is 0 Å². The number of carbonyl (C=O) groups is 2. The number of aliphatic carboxylic acids is 1. The lowest BCUT2D eigenvalue weighted by Crippen LogP contribution is -2.41. The van der Waals surface area contributed by atoms with Crippen molar-refractivity contribution < 1.29 is 32.6 Å². The molecule has 1 heterocycles. The second kappa shape index (κ2) is 11.0. The topological polar surface area (TPSA) is 78.9 Å². The number of amides is 2. The van der Waals surface area contributed by atoms with Gasteiger partial charge in [0.05, 0.1) is 23.5 Å². The van der Waals surface area contributed by atoms with Gasteiger partial charge in [0, 0.05) is 6.42 Å². The second-order valence-electron chi connectivity index (χ2n) is 10.1. The van der Waals surface area contributed by atoms with Gasteiger partial charge in [0.25, 0.3) is 0 Å². The largest absolute Gasteiger partial charge is 0.490 e. The number of alkyl halides is 3. The van der Waals surface area contributed by atoms with E-state index in [1.807, 2.05) is 24.3 Å². The molecule has 6 nitrogen and oxygen atoms in total. The van der Waals surface area contributed by atoms with E-state index in [1.165, 1.54) is 28.7 Å². The average molecular weight is 539 g/mol. The van der Waals surface area contributed by atoms with Crippen LogP contribution in [0.25, 0.3) is 11.1 Å². The smallest absolute Gasteiger partial charge is 0.418 e. The van der Waals surface area contributed by atoms with Gasteiger partial charge in [-0.05, 0) is 78.5 Å². The normalized spacial score (nSPS) is 19.1. The Bertz CT molecular complexity index is 1350. The molecule has 2 aliphatic rings. The summed E-state index contributed by atoms with van der Waals surface area (Å²) in [5.74, 6) is 0.436. The number of carbonyl (C=O) groups excluding carboxylic acids is 1. The van der Waals surface area contributed by atoms with Gasteiger partial charge >= 0.3 is 18.2 Å². The highest BCUT2D eigenvalue weighted by Gasteiger charge is 2.34. The van der Waals surface area contributed by atoms with Gasteiger partial charge in [-0.2, -0.15) is 13.2 Å². The number of para-hydroxylation sites is 1. The Morgan fingerprint density at radius 3 is 2.33 bits per heavy atom. The third-order valence-corrected chi connectivity index (χ3v) is 7.57. The Labute approximate surface area is 224 Å². The van der Waals surface area contributed by atoms with Gasteiger partial charge in [0.2, 0.25) is 0 Å². The highest BCUT2D eigenvalue weighted by atomic mass is 19.4. The van der Waals surface area contributed by atoms with Crippen molar-refractivity contribution in [3.8, 4) is 16.9 Å². The summed E-state index contributed by atoms with van der Waals surface area (Å²) in [5, 5.41) is 11.4. The number of nitrogens with zero attached hydrogens (tertiary/aromatic N) is 1. The zero-order valence-electron chi connectivity index (χ0n) is 21.2. The minimum atomic E-state index is -4.59. The van der Waals surface area contributed by atoms with Gasteiger partial charge in [0.15, 0.2) is 0 Å². The van der Waals surface area contributed by atoms with E-state index in [9.17, 15) is 22.8 Å². The molecule has 9 heteroatoms. The lowest BCUT2D eigenvalue weighted by Gasteiger charge is -2.30. The van der Waals surface area contributed by atoms with E-state index in [-0.39, 0.29) is 31.2 Å². The first-order chi connectivity index (χ1) is 18.7. The second-order valence-corrected chi connectivity index (χ2v) is 10.1. The maximum Gasteiger partial charge on any atom is 0.418 e. The zero-order chi connectivity index (χ0) is 27.6. The highest BCUT2D eigenvalue weighted by molar-refractivity contribution is 6.03. The summed E-state index contributed by atoms with van der Waals surface area (Å²) >= 11 is 0. The number of fused-ring (bicyclic) bond motifs is 1. The van der Waals surface area contributed by atoms with E-state index >= 15 is 0 Å². The molecule has 5 rings (SSSR count). The number of hydrogen-bond donors (Lipinski definition) is 2. The molecule has 3 aromatic rings. The summed E-state index contributed by atoms with van der Waals surface area (Å²) in [6.07, 6.45) is -0.535. The van der Waals surface area contributed by atoms with Gasteiger partial charge in [0.1, 0.15) is 12.4 Å². The van der Waals surface area contributed by atoms with Crippen LogP contribution in [0.5, 0.6) is 5.75 Å². The predicted octanol–water partition coefficient (Wildman–Crippen LogP) is 7.55. The van der Waals surface area contributed by atoms with Crippen LogP contribution < -0.4 is 15.0 Å². The number of nitrogens with one attached hydrogen (secondary N) is 1. The molecule has 1 fully saturated rings. The number of ether oxygens (including phenoxy) is 1. The van der Waals surface area contributed by atoms with Crippen molar-refractivity contribution >= 4 is 23.4 Å². The number of hydrogen-bond acceptors (Lipinski definition) is 3. The molecule has 1 aliphatic heterocycles. The lowest BCUT2D eigenvalue weighted by molar-refractivity contribution is -0.138. The van der Waals surface area contributed by atoms with Crippen molar-refractivity contribution in [1.29, 1.82) is 0 Å². The molecule has 0 saturated heterocycles. The lowest BCUT2D eigenvalue weighted by atomic mass is 9.77. The summed E-state index contributed by atoms with van der Waals surface area (Å²) in [6.45, 7) is 0.421. The van der Waals surface area contributed by atoms with Gasteiger partial charge in [-0.3, -0.25) is 9.69 Å². The van der Waals surface area contributed by atoms with E-state index in [4.69, 9.17) is 9.84 Å². The molecule has 0 bridgehead atoms. The standard InChI is InChI=1S/C30H29F3N2O4/c31-30(32,33)24-3-1-2-4-25(24)34-29(38)35-15-16-39-27-18-23(13-14-26(27)35)22-11-9-21(10-12-22)20-7-5-19(6-8-20)17-28(36)37/h1-4,9-14,18-20H,5-8,15-17H2,(H,34,38)(H,36,37). The fourth-order valence-electron chi connectivity index (χ4n) is 5.53. The first kappa shape index (κ1) is 26.6. The summed E-state index contributed by atoms with van der Waals surface area (Å²) < 4.78 is 45.9. The third-order valence-electron chi connectivity index (χ3n) is 7.57. The fourth-order valence-corrected chi connectivity index (χ4v) is 5.53. The van der Waals surface area contributed by atoms with Crippen molar-refractivity contribution in [1.82, 2.24) is 0 Å². The Kier molecular flexibility index (Phi) is 7.50. The number of urea groups is 1. The molecular weight excluding hydrogens is 509 g/mol. The number of anilines is 2. The van der Waals surface area contributed by atoms with Crippen molar-refractivity contribution in [2.24, 2.45) is 5.92 Å². The van der Waals surface area contributed by atoms with E-state index in [0.29, 0.717) is 17.4 Å². The number of carboxylic acid groups (broad SMARTS) is 1. The minimum absolute atomic E-state index is 0.204. The third kappa shape index (κ3) is 6.02. The van der Waals surface area contributed by atoms with Crippen LogP contribution in [-0.2, 0) is 11.0 Å². The number of halogens is 3. The van der Waals surface area contributed by atoms with E-state index in [1.54, 1.807) is 6.07 Å². The van der Waals surface area contributed by atoms with Crippen LogP contribution in [0.1, 0.15) is 49.1 Å². The monoisotopic (exact) mass is 538 g/mol. The molecule has 2 N–H and O–H groups in total. The molecule has 0 spiro atoms. The van der Waals surface area contributed by atoms with E-state index in [2.05, 4.69) is 17.4 Å². The Balaban J connectivity index is 1.28. The van der Waals surface area contributed by atoms with Crippen molar-refractivity contribution in [3.05, 3.63) is 77.9 Å². The number of rotatable bonds is 5. The molecule has 1 aliphatic carbocycles. The predicted molar refractivity (Wildman–Crippen MR) is 142 cm³/mol. The number of carboxylic acids is 1. The Hall–Kier alpha value is -4.01. The molecule has 1 saturated carbocycles. The van der Waals surface area contributed by atoms with Gasteiger partial charge in [-0.15, -0.1) is 0 Å². The van der Waals surface area contributed by atoms with E-state index < -0.39 is 23.7 Å². The molecular formula is C30H29F3N2O4. The first-order valence-corrected chi connectivity index (χ1v) is 13.0. The minimum Gasteiger partial charge on any atom is -0.490 e. The van der Waals surface area contributed by atoms with Crippen LogP contribution in [0.15, 0.2) is 66.7 Å². The van der Waals surface area contributed by atoms with Gasteiger partial charge < -0.3 is 15.2 Å². The molecule has 3 aromatic carbocycles. The Morgan fingerprint density at radius 1 is 0.949 bits per heavy atom. The SMILES string of the molecule is O=C(O)CC1CCC(c2ccc(-c3ccc4c(c3)OCCN4C(=O)Nc3ccccc3C(F)(F)F)cc2)CC1. The zero-order valence-corrected chi connectivity index (χ0v) is 21.2. The van der Waals surface area contributed by atoms with Gasteiger partial charge in [-0.1, -0.05) is 42.5 Å². The summed E-state index contributed by atoms with van der Waals surface area (Å²) in [7, 11) is 0. The molecule has 2 amide bonds. The first-order valence-electron chi connectivity index (χ1n) is 13.0. The van der Waals surface area contributed by atoms with Gasteiger partial charge in [-0.25, -0.2) is 4.79 Å². The van der Waals surface area contributed by atoms with Crippen molar-refractivity contribution in [2.75, 3.05) is 23.4 Å². The van der Waals surface area contributed by atoms with Crippen molar-refractivity contribution in [3.63, 3.8) is 0 Å². The molecule has 0 atom stereocenters. The maximum absolute atomic E-state index is 13.4. The van der Waals surface area contributed by atoms with Crippen molar-refractivity contribution in [2.45, 2.75) is 44.2 Å². The molecule has 39 heavy (non-hydrogen) atoms. The van der Waals surface area contributed by atoms with Crippen LogP contribution in [-0.4, -0.2) is 30.3 Å². The van der Waals surface area contributed by atoms with E-state index in [0.717, 1.165) is 42.9 Å². The molecule has 0 aromatic heterocycles. The molecule has 204 valence electrons. The van der Waals surface area contributed by atoms with Crippen LogP contribution in [0.2, 0.25) is 0 Å². The van der Waals surface area contributed by atoms with Crippen LogP contribution in [0.3, 0.4) is 0 Å². The summed E-state index contributed by atoms with van der Waals surface area (Å²) in [4.78, 5) is 25.4. The fraction of sp³-hybridized carbons (Fsp3) is 0.333.